The zero-order valence-electron chi connectivity index (χ0n) is 12.3. The van der Waals surface area contributed by atoms with Crippen LogP contribution in [0.3, 0.4) is 0 Å². The minimum absolute atomic E-state index is 0.134. The zero-order chi connectivity index (χ0) is 15.1. The minimum atomic E-state index is 0.134. The summed E-state index contributed by atoms with van der Waals surface area (Å²) in [4.78, 5) is 18.2. The highest BCUT2D eigenvalue weighted by Crippen LogP contribution is 2.09. The topological polar surface area (TPSA) is 59.2 Å². The predicted octanol–water partition coefficient (Wildman–Crippen LogP) is 2.13. The molecule has 2 N–H and O–H groups in total. The van der Waals surface area contributed by atoms with Gasteiger partial charge in [0.1, 0.15) is 0 Å². The number of hydrogen-bond donors (Lipinski definition) is 1. The molecule has 2 rings (SSSR count). The Morgan fingerprint density at radius 2 is 1.67 bits per heavy atom. The van der Waals surface area contributed by atoms with Crippen LogP contribution in [0, 0.1) is 0 Å². The van der Waals surface area contributed by atoms with Gasteiger partial charge in [0.2, 0.25) is 5.91 Å². The summed E-state index contributed by atoms with van der Waals surface area (Å²) in [6, 6.07) is 11.8. The molecular formula is C17H21N3O. The van der Waals surface area contributed by atoms with Crippen LogP contribution in [0.5, 0.6) is 0 Å². The Hall–Kier alpha value is -2.20. The Bertz CT molecular complexity index is 566. The number of rotatable bonds is 6. The maximum absolute atomic E-state index is 12.4. The summed E-state index contributed by atoms with van der Waals surface area (Å²) < 4.78 is 0. The quantitative estimate of drug-likeness (QED) is 0.883. The number of hydrogen-bond acceptors (Lipinski definition) is 3. The van der Waals surface area contributed by atoms with Crippen molar-refractivity contribution in [2.75, 3.05) is 6.54 Å². The summed E-state index contributed by atoms with van der Waals surface area (Å²) in [5.74, 6) is 0.134. The smallest absolute Gasteiger partial charge is 0.227 e. The summed E-state index contributed by atoms with van der Waals surface area (Å²) >= 11 is 0. The molecule has 1 aromatic heterocycles. The standard InChI is InChI=1S/C17H21N3O/c1-2-20(13-16-7-9-19-10-8-16)17(21)11-14-3-5-15(12-18)6-4-14/h3-10H,2,11-13,18H2,1H3. The average molecular weight is 283 g/mol. The van der Waals surface area contributed by atoms with Crippen LogP contribution in [-0.2, 0) is 24.3 Å². The van der Waals surface area contributed by atoms with E-state index in [1.807, 2.05) is 48.2 Å². The molecule has 110 valence electrons. The lowest BCUT2D eigenvalue weighted by molar-refractivity contribution is -0.130. The fraction of sp³-hybridized carbons (Fsp3) is 0.294. The lowest BCUT2D eigenvalue weighted by Gasteiger charge is -2.21. The number of nitrogens with two attached hydrogens (primary N) is 1. The van der Waals surface area contributed by atoms with Crippen molar-refractivity contribution in [2.45, 2.75) is 26.4 Å². The van der Waals surface area contributed by atoms with Crippen LogP contribution in [0.1, 0.15) is 23.6 Å². The maximum Gasteiger partial charge on any atom is 0.227 e. The average Bonchev–Trinajstić information content (AvgIpc) is 2.54. The van der Waals surface area contributed by atoms with E-state index in [9.17, 15) is 4.79 Å². The second-order valence-electron chi connectivity index (χ2n) is 4.96. The third kappa shape index (κ3) is 4.39. The van der Waals surface area contributed by atoms with Crippen molar-refractivity contribution in [3.63, 3.8) is 0 Å². The highest BCUT2D eigenvalue weighted by Gasteiger charge is 2.12. The van der Waals surface area contributed by atoms with Gasteiger partial charge in [-0.3, -0.25) is 9.78 Å². The first-order chi connectivity index (χ1) is 10.2. The van der Waals surface area contributed by atoms with Gasteiger partial charge in [-0.25, -0.2) is 0 Å². The van der Waals surface area contributed by atoms with Gasteiger partial charge >= 0.3 is 0 Å². The number of aromatic nitrogens is 1. The summed E-state index contributed by atoms with van der Waals surface area (Å²) in [5.41, 5.74) is 8.77. The highest BCUT2D eigenvalue weighted by atomic mass is 16.2. The second-order valence-corrected chi connectivity index (χ2v) is 4.96. The molecule has 4 nitrogen and oxygen atoms in total. The second kappa shape index (κ2) is 7.55. The van der Waals surface area contributed by atoms with E-state index in [4.69, 9.17) is 5.73 Å². The Labute approximate surface area is 125 Å². The van der Waals surface area contributed by atoms with Crippen molar-refractivity contribution >= 4 is 5.91 Å². The SMILES string of the molecule is CCN(Cc1ccncc1)C(=O)Cc1ccc(CN)cc1. The number of nitrogens with zero attached hydrogens (tertiary/aromatic N) is 2. The molecule has 0 atom stereocenters. The highest BCUT2D eigenvalue weighted by molar-refractivity contribution is 5.78. The summed E-state index contributed by atoms with van der Waals surface area (Å²) in [7, 11) is 0. The summed E-state index contributed by atoms with van der Waals surface area (Å²) in [6.07, 6.45) is 3.92. The third-order valence-corrected chi connectivity index (χ3v) is 3.47. The predicted molar refractivity (Wildman–Crippen MR) is 83.4 cm³/mol. The van der Waals surface area contributed by atoms with Crippen molar-refractivity contribution in [3.05, 3.63) is 65.5 Å². The van der Waals surface area contributed by atoms with E-state index in [1.165, 1.54) is 0 Å². The van der Waals surface area contributed by atoms with E-state index in [0.29, 0.717) is 26.1 Å². The molecule has 0 aliphatic carbocycles. The normalized spacial score (nSPS) is 10.4. The van der Waals surface area contributed by atoms with Crippen LogP contribution >= 0.6 is 0 Å². The van der Waals surface area contributed by atoms with Crippen molar-refractivity contribution < 1.29 is 4.79 Å². The molecule has 0 spiro atoms. The number of carbonyl (C=O) groups is 1. The molecule has 1 heterocycles. The number of benzene rings is 1. The number of carbonyl (C=O) groups excluding carboxylic acids is 1. The third-order valence-electron chi connectivity index (χ3n) is 3.47. The van der Waals surface area contributed by atoms with E-state index in [-0.39, 0.29) is 5.91 Å². The molecule has 1 amide bonds. The molecule has 1 aromatic carbocycles. The maximum atomic E-state index is 12.4. The first-order valence-electron chi connectivity index (χ1n) is 7.17. The van der Waals surface area contributed by atoms with Gasteiger partial charge in [0.15, 0.2) is 0 Å². The molecule has 0 fully saturated rings. The molecule has 0 aliphatic heterocycles. The lowest BCUT2D eigenvalue weighted by atomic mass is 10.1. The van der Waals surface area contributed by atoms with Gasteiger partial charge in [0.05, 0.1) is 6.42 Å². The van der Waals surface area contributed by atoms with Crippen LogP contribution in [0.4, 0.5) is 0 Å². The summed E-state index contributed by atoms with van der Waals surface area (Å²) in [6.45, 7) is 3.84. The van der Waals surface area contributed by atoms with Gasteiger partial charge in [0.25, 0.3) is 0 Å². The molecular weight excluding hydrogens is 262 g/mol. The zero-order valence-corrected chi connectivity index (χ0v) is 12.3. The van der Waals surface area contributed by atoms with Crippen LogP contribution in [0.25, 0.3) is 0 Å². The van der Waals surface area contributed by atoms with Crippen molar-refractivity contribution in [1.82, 2.24) is 9.88 Å². The monoisotopic (exact) mass is 283 g/mol. The Morgan fingerprint density at radius 1 is 1.05 bits per heavy atom. The molecule has 0 saturated heterocycles. The van der Waals surface area contributed by atoms with Gasteiger partial charge in [-0.1, -0.05) is 24.3 Å². The summed E-state index contributed by atoms with van der Waals surface area (Å²) in [5, 5.41) is 0. The minimum Gasteiger partial charge on any atom is -0.338 e. The number of pyridine rings is 1. The van der Waals surface area contributed by atoms with Gasteiger partial charge in [-0.15, -0.1) is 0 Å². The van der Waals surface area contributed by atoms with E-state index in [0.717, 1.165) is 16.7 Å². The fourth-order valence-corrected chi connectivity index (χ4v) is 2.16. The van der Waals surface area contributed by atoms with E-state index in [1.54, 1.807) is 12.4 Å². The molecule has 21 heavy (non-hydrogen) atoms. The van der Waals surface area contributed by atoms with E-state index in [2.05, 4.69) is 4.98 Å². The first kappa shape index (κ1) is 15.2. The molecule has 0 unspecified atom stereocenters. The van der Waals surface area contributed by atoms with E-state index < -0.39 is 0 Å². The Morgan fingerprint density at radius 3 is 2.24 bits per heavy atom. The van der Waals surface area contributed by atoms with Crippen LogP contribution < -0.4 is 5.73 Å². The largest absolute Gasteiger partial charge is 0.338 e. The lowest BCUT2D eigenvalue weighted by Crippen LogP contribution is -2.31. The molecule has 0 bridgehead atoms. The van der Waals surface area contributed by atoms with Crippen LogP contribution in [0.15, 0.2) is 48.8 Å². The van der Waals surface area contributed by atoms with Crippen molar-refractivity contribution in [1.29, 1.82) is 0 Å². The fourth-order valence-electron chi connectivity index (χ4n) is 2.16. The Balaban J connectivity index is 1.99. The van der Waals surface area contributed by atoms with Gasteiger partial charge < -0.3 is 10.6 Å². The molecule has 2 aromatic rings. The van der Waals surface area contributed by atoms with Crippen molar-refractivity contribution in [3.8, 4) is 0 Å². The van der Waals surface area contributed by atoms with Gasteiger partial charge in [0, 0.05) is 32.0 Å². The van der Waals surface area contributed by atoms with Crippen LogP contribution in [-0.4, -0.2) is 22.3 Å². The first-order valence-corrected chi connectivity index (χ1v) is 7.17. The van der Waals surface area contributed by atoms with Gasteiger partial charge in [-0.2, -0.15) is 0 Å². The molecule has 0 radical (unpaired) electrons. The van der Waals surface area contributed by atoms with Crippen molar-refractivity contribution in [2.24, 2.45) is 5.73 Å². The molecule has 0 aliphatic rings. The van der Waals surface area contributed by atoms with E-state index >= 15 is 0 Å². The van der Waals surface area contributed by atoms with Gasteiger partial charge in [-0.05, 0) is 35.7 Å². The Kier molecular flexibility index (Phi) is 5.46. The molecule has 4 heteroatoms. The number of amides is 1. The van der Waals surface area contributed by atoms with Crippen LogP contribution in [0.2, 0.25) is 0 Å². The molecule has 0 saturated carbocycles. The number of likely N-dealkylation sites (N-methyl/N-ethyl adjacent to an activating group) is 1.